The molecule has 0 aliphatic carbocycles. The molecule has 6 heteroatoms. The number of aryl methyl sites for hydroxylation is 1. The number of ether oxygens (including phenoxy) is 1. The van der Waals surface area contributed by atoms with Gasteiger partial charge in [-0.25, -0.2) is 9.97 Å². The minimum absolute atomic E-state index is 0.153. The number of benzene rings is 1. The molecular formula is C20H24N4O2. The number of carbonyl (C=O) groups excluding carboxylic acids is 1. The van der Waals surface area contributed by atoms with Crippen LogP contribution in [0.25, 0.3) is 0 Å². The maximum atomic E-state index is 12.7. The third-order valence-electron chi connectivity index (χ3n) is 5.36. The summed E-state index contributed by atoms with van der Waals surface area (Å²) in [7, 11) is 0. The molecule has 4 rings (SSSR count). The molecule has 0 unspecified atom stereocenters. The van der Waals surface area contributed by atoms with E-state index in [9.17, 15) is 4.79 Å². The standard InChI is InChI=1S/C20H24N4O2/c1-14-3-5-15(6-4-14)9-19(25)24-11-17-16(13-26-18(17)12-24)10-23-20-21-7-2-8-22-20/h2-8,16-18H,9-13H2,1H3,(H,21,22,23)/t16-,17+,18+/m0/s1. The summed E-state index contributed by atoms with van der Waals surface area (Å²) in [6, 6.07) is 9.98. The number of rotatable bonds is 5. The second-order valence-corrected chi connectivity index (χ2v) is 7.21. The topological polar surface area (TPSA) is 67.4 Å². The predicted octanol–water partition coefficient (Wildman–Crippen LogP) is 1.91. The lowest BCUT2D eigenvalue weighted by molar-refractivity contribution is -0.130. The number of hydrogen-bond acceptors (Lipinski definition) is 5. The first-order valence-corrected chi connectivity index (χ1v) is 9.15. The second kappa shape index (κ2) is 7.41. The van der Waals surface area contributed by atoms with Crippen molar-refractivity contribution in [1.29, 1.82) is 0 Å². The van der Waals surface area contributed by atoms with Crippen LogP contribution in [0.3, 0.4) is 0 Å². The maximum Gasteiger partial charge on any atom is 0.227 e. The second-order valence-electron chi connectivity index (χ2n) is 7.21. The molecule has 1 aromatic heterocycles. The van der Waals surface area contributed by atoms with Gasteiger partial charge in [0.05, 0.1) is 19.1 Å². The van der Waals surface area contributed by atoms with Crippen LogP contribution in [0.2, 0.25) is 0 Å². The van der Waals surface area contributed by atoms with E-state index in [1.165, 1.54) is 5.56 Å². The highest BCUT2D eigenvalue weighted by Gasteiger charge is 2.44. The molecule has 3 atom stereocenters. The SMILES string of the molecule is Cc1ccc(CC(=O)N2C[C@@H]3[C@@H](CNc4ncccn4)CO[C@@H]3C2)cc1. The Morgan fingerprint density at radius 3 is 2.77 bits per heavy atom. The lowest BCUT2D eigenvalue weighted by atomic mass is 9.93. The van der Waals surface area contributed by atoms with Gasteiger partial charge in [-0.05, 0) is 18.6 Å². The Kier molecular flexibility index (Phi) is 4.84. The largest absolute Gasteiger partial charge is 0.376 e. The molecule has 1 N–H and O–H groups in total. The summed E-state index contributed by atoms with van der Waals surface area (Å²) in [5.74, 6) is 1.58. The maximum absolute atomic E-state index is 12.7. The van der Waals surface area contributed by atoms with E-state index in [2.05, 4.69) is 34.3 Å². The highest BCUT2D eigenvalue weighted by molar-refractivity contribution is 5.79. The van der Waals surface area contributed by atoms with Crippen molar-refractivity contribution in [3.8, 4) is 0 Å². The fourth-order valence-corrected chi connectivity index (χ4v) is 3.82. The van der Waals surface area contributed by atoms with Gasteiger partial charge < -0.3 is 15.0 Å². The van der Waals surface area contributed by atoms with E-state index in [0.717, 1.165) is 25.3 Å². The fraction of sp³-hybridized carbons (Fsp3) is 0.450. The van der Waals surface area contributed by atoms with Crippen molar-refractivity contribution >= 4 is 11.9 Å². The number of carbonyl (C=O) groups is 1. The summed E-state index contributed by atoms with van der Waals surface area (Å²) in [5, 5.41) is 3.28. The van der Waals surface area contributed by atoms with Crippen LogP contribution in [0.5, 0.6) is 0 Å². The van der Waals surface area contributed by atoms with Crippen LogP contribution in [0.15, 0.2) is 42.7 Å². The normalized spacial score (nSPS) is 24.5. The van der Waals surface area contributed by atoms with Crippen LogP contribution >= 0.6 is 0 Å². The summed E-state index contributed by atoms with van der Waals surface area (Å²) in [6.07, 6.45) is 4.07. The third kappa shape index (κ3) is 3.70. The zero-order chi connectivity index (χ0) is 17.9. The smallest absolute Gasteiger partial charge is 0.227 e. The van der Waals surface area contributed by atoms with Gasteiger partial charge in [-0.15, -0.1) is 0 Å². The fourth-order valence-electron chi connectivity index (χ4n) is 3.82. The molecule has 0 radical (unpaired) electrons. The van der Waals surface area contributed by atoms with Crippen LogP contribution in [-0.4, -0.2) is 53.1 Å². The summed E-state index contributed by atoms with van der Waals surface area (Å²) < 4.78 is 5.95. The Morgan fingerprint density at radius 2 is 2.00 bits per heavy atom. The van der Waals surface area contributed by atoms with E-state index in [1.54, 1.807) is 18.5 Å². The average Bonchev–Trinajstić information content (AvgIpc) is 3.24. The molecule has 0 saturated carbocycles. The molecule has 2 aliphatic heterocycles. The van der Waals surface area contributed by atoms with Crippen molar-refractivity contribution in [1.82, 2.24) is 14.9 Å². The van der Waals surface area contributed by atoms with Gasteiger partial charge in [-0.3, -0.25) is 4.79 Å². The number of anilines is 1. The molecule has 1 amide bonds. The van der Waals surface area contributed by atoms with Crippen LogP contribution < -0.4 is 5.32 Å². The van der Waals surface area contributed by atoms with Gasteiger partial charge in [0.1, 0.15) is 0 Å². The number of fused-ring (bicyclic) bond motifs is 1. The van der Waals surface area contributed by atoms with Gasteiger partial charge >= 0.3 is 0 Å². The average molecular weight is 352 g/mol. The highest BCUT2D eigenvalue weighted by atomic mass is 16.5. The van der Waals surface area contributed by atoms with Crippen LogP contribution in [0, 0.1) is 18.8 Å². The number of hydrogen-bond donors (Lipinski definition) is 1. The lowest BCUT2D eigenvalue weighted by Crippen LogP contribution is -2.33. The van der Waals surface area contributed by atoms with E-state index in [4.69, 9.17) is 4.74 Å². The summed E-state index contributed by atoms with van der Waals surface area (Å²) in [5.41, 5.74) is 2.28. The zero-order valence-corrected chi connectivity index (χ0v) is 15.0. The minimum atomic E-state index is 0.153. The van der Waals surface area contributed by atoms with Crippen molar-refractivity contribution in [3.05, 3.63) is 53.9 Å². The predicted molar refractivity (Wildman–Crippen MR) is 98.7 cm³/mol. The summed E-state index contributed by atoms with van der Waals surface area (Å²) in [4.78, 5) is 23.0. The highest BCUT2D eigenvalue weighted by Crippen LogP contribution is 2.34. The van der Waals surface area contributed by atoms with E-state index in [-0.39, 0.29) is 12.0 Å². The molecule has 0 spiro atoms. The first-order chi connectivity index (χ1) is 12.7. The molecule has 2 aliphatic rings. The van der Waals surface area contributed by atoms with Gasteiger partial charge in [0.15, 0.2) is 0 Å². The Morgan fingerprint density at radius 1 is 1.23 bits per heavy atom. The molecule has 26 heavy (non-hydrogen) atoms. The molecular weight excluding hydrogens is 328 g/mol. The van der Waals surface area contributed by atoms with Crippen molar-refractivity contribution in [2.24, 2.45) is 11.8 Å². The molecule has 2 saturated heterocycles. The van der Waals surface area contributed by atoms with Crippen molar-refractivity contribution in [3.63, 3.8) is 0 Å². The Balaban J connectivity index is 1.32. The Bertz CT molecular complexity index is 750. The van der Waals surface area contributed by atoms with Gasteiger partial charge in [0, 0.05) is 43.9 Å². The molecule has 136 valence electrons. The van der Waals surface area contributed by atoms with Gasteiger partial charge in [0.25, 0.3) is 0 Å². The first kappa shape index (κ1) is 17.0. The van der Waals surface area contributed by atoms with Gasteiger partial charge in [0.2, 0.25) is 11.9 Å². The van der Waals surface area contributed by atoms with Crippen LogP contribution in [-0.2, 0) is 16.0 Å². The molecule has 0 bridgehead atoms. The van der Waals surface area contributed by atoms with Crippen LogP contribution in [0.4, 0.5) is 5.95 Å². The first-order valence-electron chi connectivity index (χ1n) is 9.15. The van der Waals surface area contributed by atoms with Crippen molar-refractivity contribution in [2.75, 3.05) is 31.6 Å². The number of nitrogens with one attached hydrogen (secondary N) is 1. The van der Waals surface area contributed by atoms with Crippen molar-refractivity contribution < 1.29 is 9.53 Å². The van der Waals surface area contributed by atoms with Gasteiger partial charge in [-0.2, -0.15) is 0 Å². The molecule has 1 aromatic carbocycles. The minimum Gasteiger partial charge on any atom is -0.376 e. The number of amides is 1. The third-order valence-corrected chi connectivity index (χ3v) is 5.36. The number of aromatic nitrogens is 2. The Labute approximate surface area is 153 Å². The Hall–Kier alpha value is -2.47. The molecule has 2 aromatic rings. The summed E-state index contributed by atoms with van der Waals surface area (Å²) >= 11 is 0. The zero-order valence-electron chi connectivity index (χ0n) is 15.0. The van der Waals surface area contributed by atoms with E-state index in [1.807, 2.05) is 17.0 Å². The monoisotopic (exact) mass is 352 g/mol. The number of nitrogens with zero attached hydrogens (tertiary/aromatic N) is 3. The summed E-state index contributed by atoms with van der Waals surface area (Å²) in [6.45, 7) is 5.03. The van der Waals surface area contributed by atoms with E-state index >= 15 is 0 Å². The molecule has 6 nitrogen and oxygen atoms in total. The van der Waals surface area contributed by atoms with Gasteiger partial charge in [-0.1, -0.05) is 29.8 Å². The quantitative estimate of drug-likeness (QED) is 0.890. The molecule has 3 heterocycles. The van der Waals surface area contributed by atoms with E-state index in [0.29, 0.717) is 30.7 Å². The van der Waals surface area contributed by atoms with Crippen molar-refractivity contribution in [2.45, 2.75) is 19.4 Å². The number of likely N-dealkylation sites (tertiary alicyclic amines) is 1. The van der Waals surface area contributed by atoms with Crippen LogP contribution in [0.1, 0.15) is 11.1 Å². The lowest BCUT2D eigenvalue weighted by Gasteiger charge is -2.20. The van der Waals surface area contributed by atoms with E-state index < -0.39 is 0 Å². The molecule has 2 fully saturated rings.